The first kappa shape index (κ1) is 11.7. The fourth-order valence-corrected chi connectivity index (χ4v) is 1.60. The van der Waals surface area contributed by atoms with Crippen molar-refractivity contribution in [2.45, 2.75) is 6.54 Å². The van der Waals surface area contributed by atoms with Gasteiger partial charge < -0.3 is 5.11 Å². The second-order valence-electron chi connectivity index (χ2n) is 3.51. The summed E-state index contributed by atoms with van der Waals surface area (Å²) in [7, 11) is 0. The topological polar surface area (TPSA) is 38.0 Å². The van der Waals surface area contributed by atoms with Gasteiger partial charge in [-0.2, -0.15) is 5.10 Å². The van der Waals surface area contributed by atoms with E-state index >= 15 is 0 Å². The highest BCUT2D eigenvalue weighted by molar-refractivity contribution is 6.30. The van der Waals surface area contributed by atoms with Crippen LogP contribution in [0, 0.1) is 11.8 Å². The Labute approximate surface area is 105 Å². The van der Waals surface area contributed by atoms with Crippen LogP contribution in [0.15, 0.2) is 36.7 Å². The van der Waals surface area contributed by atoms with Gasteiger partial charge in [0.25, 0.3) is 0 Å². The summed E-state index contributed by atoms with van der Waals surface area (Å²) in [6.07, 6.45) is 3.39. The number of nitrogens with zero attached hydrogens (tertiary/aromatic N) is 2. The van der Waals surface area contributed by atoms with Gasteiger partial charge in [-0.25, -0.2) is 0 Å². The number of hydrogen-bond acceptors (Lipinski definition) is 2. The van der Waals surface area contributed by atoms with Crippen LogP contribution in [0.4, 0.5) is 0 Å². The average molecular weight is 247 g/mol. The van der Waals surface area contributed by atoms with Crippen LogP contribution in [0.5, 0.6) is 0 Å². The van der Waals surface area contributed by atoms with Crippen molar-refractivity contribution >= 4 is 11.6 Å². The number of benzene rings is 1. The first-order valence-electron chi connectivity index (χ1n) is 5.14. The largest absolute Gasteiger partial charge is 0.384 e. The van der Waals surface area contributed by atoms with E-state index in [2.05, 4.69) is 16.9 Å². The third-order valence-electron chi connectivity index (χ3n) is 2.21. The van der Waals surface area contributed by atoms with Crippen LogP contribution in [0.1, 0.15) is 11.1 Å². The van der Waals surface area contributed by atoms with Crippen molar-refractivity contribution in [2.24, 2.45) is 0 Å². The minimum absolute atomic E-state index is 0.118. The molecular formula is C13H11ClN2O. The number of aliphatic hydroxyl groups excluding tert-OH is 1. The molecule has 0 aliphatic carbocycles. The molecule has 0 saturated heterocycles. The fourth-order valence-electron chi connectivity index (χ4n) is 1.45. The lowest BCUT2D eigenvalue weighted by Crippen LogP contribution is -1.99. The van der Waals surface area contributed by atoms with Crippen LogP contribution in [-0.2, 0) is 6.54 Å². The van der Waals surface area contributed by atoms with E-state index in [1.54, 1.807) is 17.1 Å². The second kappa shape index (κ2) is 5.53. The molecule has 17 heavy (non-hydrogen) atoms. The maximum atomic E-state index is 8.58. The fraction of sp³-hybridized carbons (Fsp3) is 0.154. The molecule has 1 heterocycles. The summed E-state index contributed by atoms with van der Waals surface area (Å²) < 4.78 is 1.77. The Hall–Kier alpha value is -1.76. The summed E-state index contributed by atoms with van der Waals surface area (Å²) in [5.74, 6) is 5.45. The van der Waals surface area contributed by atoms with Gasteiger partial charge in [-0.05, 0) is 17.7 Å². The zero-order valence-corrected chi connectivity index (χ0v) is 9.85. The average Bonchev–Trinajstić information content (AvgIpc) is 2.74. The highest BCUT2D eigenvalue weighted by Gasteiger charge is 1.97. The molecule has 86 valence electrons. The molecule has 1 N–H and O–H groups in total. The van der Waals surface area contributed by atoms with Crippen molar-refractivity contribution in [2.75, 3.05) is 6.61 Å². The van der Waals surface area contributed by atoms with E-state index in [9.17, 15) is 0 Å². The zero-order valence-electron chi connectivity index (χ0n) is 9.10. The molecule has 3 nitrogen and oxygen atoms in total. The Morgan fingerprint density at radius 2 is 2.06 bits per heavy atom. The molecule has 0 saturated carbocycles. The summed E-state index contributed by atoms with van der Waals surface area (Å²) >= 11 is 5.78. The minimum Gasteiger partial charge on any atom is -0.384 e. The van der Waals surface area contributed by atoms with Gasteiger partial charge in [-0.3, -0.25) is 4.68 Å². The molecular weight excluding hydrogens is 236 g/mol. The van der Waals surface area contributed by atoms with Crippen molar-refractivity contribution in [3.8, 4) is 11.8 Å². The van der Waals surface area contributed by atoms with E-state index in [1.165, 1.54) is 0 Å². The zero-order chi connectivity index (χ0) is 12.1. The van der Waals surface area contributed by atoms with Crippen molar-refractivity contribution < 1.29 is 5.11 Å². The van der Waals surface area contributed by atoms with Gasteiger partial charge in [0, 0.05) is 11.8 Å². The first-order chi connectivity index (χ1) is 8.28. The molecule has 0 aliphatic rings. The monoisotopic (exact) mass is 246 g/mol. The highest BCUT2D eigenvalue weighted by Crippen LogP contribution is 2.08. The van der Waals surface area contributed by atoms with Gasteiger partial charge in [-0.1, -0.05) is 35.6 Å². The highest BCUT2D eigenvalue weighted by atomic mass is 35.5. The van der Waals surface area contributed by atoms with Crippen LogP contribution in [0.25, 0.3) is 0 Å². The summed E-state index contributed by atoms with van der Waals surface area (Å²) in [6, 6.07) is 7.81. The van der Waals surface area contributed by atoms with Crippen LogP contribution < -0.4 is 0 Å². The summed E-state index contributed by atoms with van der Waals surface area (Å²) in [5, 5.41) is 13.3. The van der Waals surface area contributed by atoms with Gasteiger partial charge >= 0.3 is 0 Å². The molecule has 0 spiro atoms. The Morgan fingerprint density at radius 3 is 2.65 bits per heavy atom. The van der Waals surface area contributed by atoms with Crippen molar-refractivity contribution in [1.82, 2.24) is 9.78 Å². The Morgan fingerprint density at radius 1 is 1.29 bits per heavy atom. The summed E-state index contributed by atoms with van der Waals surface area (Å²) in [4.78, 5) is 0. The van der Waals surface area contributed by atoms with Gasteiger partial charge in [0.1, 0.15) is 6.61 Å². The number of hydrogen-bond donors (Lipinski definition) is 1. The van der Waals surface area contributed by atoms with Gasteiger partial charge in [0.2, 0.25) is 0 Å². The predicted molar refractivity (Wildman–Crippen MR) is 66.7 cm³/mol. The smallest absolute Gasteiger partial charge is 0.104 e. The molecule has 0 atom stereocenters. The molecule has 1 aromatic carbocycles. The Kier molecular flexibility index (Phi) is 3.81. The van der Waals surface area contributed by atoms with Gasteiger partial charge in [0.15, 0.2) is 0 Å². The lowest BCUT2D eigenvalue weighted by Gasteiger charge is -2.01. The summed E-state index contributed by atoms with van der Waals surface area (Å²) in [5.41, 5.74) is 2.01. The standard InChI is InChI=1S/C13H11ClN2O/c14-13-8-15-16(10-13)9-12-5-3-11(4-6-12)2-1-7-17/h3-6,8,10,17H,7,9H2. The molecule has 0 bridgehead atoms. The van der Waals surface area contributed by atoms with E-state index in [4.69, 9.17) is 16.7 Å². The maximum Gasteiger partial charge on any atom is 0.104 e. The maximum absolute atomic E-state index is 8.58. The quantitative estimate of drug-likeness (QED) is 0.823. The van der Waals surface area contributed by atoms with Crippen LogP contribution in [0.2, 0.25) is 5.02 Å². The van der Waals surface area contributed by atoms with Gasteiger partial charge in [-0.15, -0.1) is 0 Å². The van der Waals surface area contributed by atoms with E-state index in [0.717, 1.165) is 11.1 Å². The molecule has 0 radical (unpaired) electrons. The number of rotatable bonds is 2. The minimum atomic E-state index is -0.118. The van der Waals surface area contributed by atoms with Gasteiger partial charge in [0.05, 0.1) is 17.8 Å². The molecule has 4 heteroatoms. The molecule has 0 amide bonds. The molecule has 0 unspecified atom stereocenters. The molecule has 0 aliphatic heterocycles. The summed E-state index contributed by atoms with van der Waals surface area (Å²) in [6.45, 7) is 0.563. The number of aliphatic hydroxyl groups is 1. The lowest BCUT2D eigenvalue weighted by atomic mass is 10.1. The predicted octanol–water partition coefficient (Wildman–Crippen LogP) is 1.93. The molecule has 2 aromatic rings. The van der Waals surface area contributed by atoms with E-state index in [0.29, 0.717) is 11.6 Å². The van der Waals surface area contributed by atoms with Crippen LogP contribution >= 0.6 is 11.6 Å². The van der Waals surface area contributed by atoms with Crippen molar-refractivity contribution in [1.29, 1.82) is 0 Å². The van der Waals surface area contributed by atoms with Crippen molar-refractivity contribution in [3.63, 3.8) is 0 Å². The van der Waals surface area contributed by atoms with Crippen LogP contribution in [0.3, 0.4) is 0 Å². The Bertz CT molecular complexity index is 549. The van der Waals surface area contributed by atoms with Crippen molar-refractivity contribution in [3.05, 3.63) is 52.8 Å². The third kappa shape index (κ3) is 3.35. The number of aromatic nitrogens is 2. The third-order valence-corrected chi connectivity index (χ3v) is 2.41. The van der Waals surface area contributed by atoms with E-state index < -0.39 is 0 Å². The molecule has 2 rings (SSSR count). The van der Waals surface area contributed by atoms with Crippen LogP contribution in [-0.4, -0.2) is 21.5 Å². The lowest BCUT2D eigenvalue weighted by molar-refractivity contribution is 0.350. The normalized spacial score (nSPS) is 9.76. The molecule has 1 aromatic heterocycles. The number of halogens is 1. The first-order valence-corrected chi connectivity index (χ1v) is 5.52. The van der Waals surface area contributed by atoms with E-state index in [-0.39, 0.29) is 6.61 Å². The van der Waals surface area contributed by atoms with E-state index in [1.807, 2.05) is 24.3 Å². The molecule has 0 fully saturated rings. The second-order valence-corrected chi connectivity index (χ2v) is 3.95. The Balaban J connectivity index is 2.08. The SMILES string of the molecule is OCC#Cc1ccc(Cn2cc(Cl)cn2)cc1.